The molecule has 0 bridgehead atoms. The fourth-order valence-electron chi connectivity index (χ4n) is 3.58. The lowest BCUT2D eigenvalue weighted by Gasteiger charge is -2.24. The number of aromatic nitrogens is 1. The van der Waals surface area contributed by atoms with Gasteiger partial charge >= 0.3 is 5.97 Å². The highest BCUT2D eigenvalue weighted by molar-refractivity contribution is 7.14. The summed E-state index contributed by atoms with van der Waals surface area (Å²) in [6.07, 6.45) is -0.0916. The number of esters is 1. The molecule has 4 rings (SSSR count). The maximum Gasteiger partial charge on any atom is 0.314 e. The number of hydrogen-bond donors (Lipinski definition) is 1. The van der Waals surface area contributed by atoms with Crippen LogP contribution in [0.2, 0.25) is 0 Å². The van der Waals surface area contributed by atoms with E-state index < -0.39 is 17.7 Å². The van der Waals surface area contributed by atoms with Crippen molar-refractivity contribution in [1.29, 1.82) is 0 Å². The van der Waals surface area contributed by atoms with Gasteiger partial charge in [0.05, 0.1) is 24.4 Å². The summed E-state index contributed by atoms with van der Waals surface area (Å²) in [5.74, 6) is -2.09. The van der Waals surface area contributed by atoms with Gasteiger partial charge in [0.2, 0.25) is 11.8 Å². The molecular formula is C23H20FN3O5S. The quantitative estimate of drug-likeness (QED) is 0.545. The Kier molecular flexibility index (Phi) is 6.36. The van der Waals surface area contributed by atoms with Gasteiger partial charge in [0.1, 0.15) is 18.2 Å². The minimum absolute atomic E-state index is 0.0916. The Morgan fingerprint density at radius 3 is 2.82 bits per heavy atom. The van der Waals surface area contributed by atoms with Gasteiger partial charge < -0.3 is 14.8 Å². The van der Waals surface area contributed by atoms with Gasteiger partial charge in [-0.3, -0.25) is 19.3 Å². The van der Waals surface area contributed by atoms with E-state index >= 15 is 0 Å². The van der Waals surface area contributed by atoms with E-state index in [9.17, 15) is 18.8 Å². The fourth-order valence-corrected chi connectivity index (χ4v) is 4.44. The number of fused-ring (bicyclic) bond motifs is 1. The summed E-state index contributed by atoms with van der Waals surface area (Å²) in [6, 6.07) is 10.9. The second-order valence-electron chi connectivity index (χ2n) is 7.29. The molecule has 2 heterocycles. The smallest absolute Gasteiger partial charge is 0.314 e. The number of anilines is 3. The molecule has 0 fully saturated rings. The van der Waals surface area contributed by atoms with E-state index in [2.05, 4.69) is 10.3 Å². The third kappa shape index (κ3) is 4.70. The number of halogens is 1. The lowest BCUT2D eigenvalue weighted by Crippen LogP contribution is -2.28. The molecule has 0 saturated heterocycles. The molecule has 1 aliphatic rings. The Bertz CT molecular complexity index is 1230. The summed E-state index contributed by atoms with van der Waals surface area (Å²) in [4.78, 5) is 42.9. The van der Waals surface area contributed by atoms with Crippen LogP contribution in [0.25, 0.3) is 0 Å². The van der Waals surface area contributed by atoms with Crippen molar-refractivity contribution in [2.24, 2.45) is 0 Å². The fraction of sp³-hybridized carbons (Fsp3) is 0.217. The van der Waals surface area contributed by atoms with E-state index in [0.717, 1.165) is 0 Å². The first-order valence-electron chi connectivity index (χ1n) is 10.0. The van der Waals surface area contributed by atoms with Crippen LogP contribution < -0.4 is 15.0 Å². The predicted octanol–water partition coefficient (Wildman–Crippen LogP) is 4.14. The summed E-state index contributed by atoms with van der Waals surface area (Å²) in [5.41, 5.74) is 1.75. The van der Waals surface area contributed by atoms with Crippen molar-refractivity contribution in [2.75, 3.05) is 17.3 Å². The van der Waals surface area contributed by atoms with Crippen LogP contribution in [0.3, 0.4) is 0 Å². The zero-order valence-corrected chi connectivity index (χ0v) is 18.6. The number of rotatable bonds is 6. The van der Waals surface area contributed by atoms with Gasteiger partial charge in [0, 0.05) is 24.4 Å². The summed E-state index contributed by atoms with van der Waals surface area (Å²) in [5, 5.41) is 4.65. The average molecular weight is 469 g/mol. The number of carbonyl (C=O) groups excluding carboxylic acids is 3. The van der Waals surface area contributed by atoms with Crippen molar-refractivity contribution in [3.63, 3.8) is 0 Å². The van der Waals surface area contributed by atoms with E-state index in [1.807, 2.05) is 0 Å². The van der Waals surface area contributed by atoms with Crippen LogP contribution >= 0.6 is 11.3 Å². The minimum Gasteiger partial charge on any atom is -0.495 e. The largest absolute Gasteiger partial charge is 0.495 e. The number of para-hydroxylation sites is 2. The van der Waals surface area contributed by atoms with Crippen LogP contribution in [0.15, 0.2) is 47.8 Å². The maximum absolute atomic E-state index is 13.5. The standard InChI is InChI=1S/C23H20FN3O5S/c1-13(28)27(19-5-3-4-6-20(19)31-2)23-25-15(12-33-23)11-32-22(30)17-10-21(29)26-18-9-14(24)7-8-16(17)18/h3-9,12,17H,10-11H2,1-2H3,(H,26,29)/t17-/m0/s1. The van der Waals surface area contributed by atoms with Gasteiger partial charge in [0.15, 0.2) is 5.13 Å². The highest BCUT2D eigenvalue weighted by Crippen LogP contribution is 2.36. The zero-order chi connectivity index (χ0) is 23.5. The third-order valence-corrected chi connectivity index (χ3v) is 5.95. The Labute approximate surface area is 193 Å². The summed E-state index contributed by atoms with van der Waals surface area (Å²) in [7, 11) is 1.52. The number of hydrogen-bond acceptors (Lipinski definition) is 7. The lowest BCUT2D eigenvalue weighted by atomic mass is 9.90. The van der Waals surface area contributed by atoms with Crippen LogP contribution in [-0.2, 0) is 25.7 Å². The van der Waals surface area contributed by atoms with Crippen LogP contribution in [0.5, 0.6) is 5.75 Å². The molecule has 170 valence electrons. The van der Waals surface area contributed by atoms with Crippen LogP contribution in [-0.4, -0.2) is 29.9 Å². The van der Waals surface area contributed by atoms with Crippen LogP contribution in [0.4, 0.5) is 20.9 Å². The Balaban J connectivity index is 1.50. The van der Waals surface area contributed by atoms with Gasteiger partial charge in [-0.15, -0.1) is 11.3 Å². The molecule has 1 aliphatic heterocycles. The first-order chi connectivity index (χ1) is 15.9. The topological polar surface area (TPSA) is 97.8 Å². The predicted molar refractivity (Wildman–Crippen MR) is 120 cm³/mol. The number of benzene rings is 2. The molecular weight excluding hydrogens is 449 g/mol. The van der Waals surface area contributed by atoms with Gasteiger partial charge in [-0.05, 0) is 29.8 Å². The molecule has 0 aliphatic carbocycles. The molecule has 3 aromatic rings. The molecule has 0 unspecified atom stereocenters. The molecule has 10 heteroatoms. The van der Waals surface area contributed by atoms with Gasteiger partial charge in [-0.1, -0.05) is 18.2 Å². The zero-order valence-electron chi connectivity index (χ0n) is 17.8. The van der Waals surface area contributed by atoms with E-state index in [1.54, 1.807) is 29.6 Å². The highest BCUT2D eigenvalue weighted by atomic mass is 32.1. The summed E-state index contributed by atoms with van der Waals surface area (Å²) < 4.78 is 24.3. The second kappa shape index (κ2) is 9.37. The van der Waals surface area contributed by atoms with Crippen molar-refractivity contribution in [1.82, 2.24) is 4.98 Å². The number of carbonyl (C=O) groups is 3. The number of nitrogens with one attached hydrogen (secondary N) is 1. The molecule has 1 aromatic heterocycles. The third-order valence-electron chi connectivity index (χ3n) is 5.07. The van der Waals surface area contributed by atoms with Crippen molar-refractivity contribution in [3.05, 3.63) is 64.9 Å². The van der Waals surface area contributed by atoms with Crippen LogP contribution in [0, 0.1) is 5.82 Å². The molecule has 1 atom stereocenters. The number of nitrogens with zero attached hydrogens (tertiary/aromatic N) is 2. The molecule has 33 heavy (non-hydrogen) atoms. The summed E-state index contributed by atoms with van der Waals surface area (Å²) in [6.45, 7) is 1.28. The second-order valence-corrected chi connectivity index (χ2v) is 8.13. The van der Waals surface area contributed by atoms with Gasteiger partial charge in [-0.25, -0.2) is 9.37 Å². The lowest BCUT2D eigenvalue weighted by molar-refractivity contribution is -0.148. The normalized spacial score (nSPS) is 14.8. The minimum atomic E-state index is -0.838. The van der Waals surface area contributed by atoms with E-state index in [-0.39, 0.29) is 30.5 Å². The van der Waals surface area contributed by atoms with Crippen molar-refractivity contribution in [2.45, 2.75) is 25.9 Å². The first kappa shape index (κ1) is 22.4. The number of ether oxygens (including phenoxy) is 2. The first-order valence-corrected chi connectivity index (χ1v) is 10.9. The molecule has 0 radical (unpaired) electrons. The van der Waals surface area contributed by atoms with E-state index in [4.69, 9.17) is 9.47 Å². The number of methoxy groups -OCH3 is 1. The van der Waals surface area contributed by atoms with E-state index in [0.29, 0.717) is 27.8 Å². The van der Waals surface area contributed by atoms with Gasteiger partial charge in [0.25, 0.3) is 0 Å². The molecule has 8 nitrogen and oxygen atoms in total. The summed E-state index contributed by atoms with van der Waals surface area (Å²) >= 11 is 1.22. The van der Waals surface area contributed by atoms with Crippen molar-refractivity contribution in [3.8, 4) is 5.75 Å². The molecule has 0 spiro atoms. The SMILES string of the molecule is COc1ccccc1N(C(C)=O)c1nc(COC(=O)[C@H]2CC(=O)Nc3cc(F)ccc32)cs1. The highest BCUT2D eigenvalue weighted by Gasteiger charge is 2.32. The van der Waals surface area contributed by atoms with Crippen molar-refractivity contribution < 1.29 is 28.2 Å². The Morgan fingerprint density at radius 2 is 2.06 bits per heavy atom. The number of amides is 2. The Hall–Kier alpha value is -3.79. The maximum atomic E-state index is 13.5. The van der Waals surface area contributed by atoms with E-state index in [1.165, 1.54) is 48.5 Å². The molecule has 2 amide bonds. The average Bonchev–Trinajstić information content (AvgIpc) is 3.25. The monoisotopic (exact) mass is 469 g/mol. The number of thiazole rings is 1. The van der Waals surface area contributed by atoms with Crippen molar-refractivity contribution >= 4 is 45.6 Å². The van der Waals surface area contributed by atoms with Crippen LogP contribution in [0.1, 0.15) is 30.5 Å². The molecule has 1 N–H and O–H groups in total. The Morgan fingerprint density at radius 1 is 1.27 bits per heavy atom. The molecule has 2 aromatic carbocycles. The van der Waals surface area contributed by atoms with Gasteiger partial charge in [-0.2, -0.15) is 0 Å². The molecule has 0 saturated carbocycles.